The Kier molecular flexibility index (Phi) is 5.65. The summed E-state index contributed by atoms with van der Waals surface area (Å²) >= 11 is 0. The second kappa shape index (κ2) is 8.69. The zero-order valence-corrected chi connectivity index (χ0v) is 17.1. The van der Waals surface area contributed by atoms with Gasteiger partial charge in [-0.15, -0.1) is 0 Å². The van der Waals surface area contributed by atoms with Gasteiger partial charge in [-0.05, 0) is 42.3 Å². The van der Waals surface area contributed by atoms with E-state index in [0.717, 1.165) is 35.7 Å². The third-order valence-electron chi connectivity index (χ3n) is 4.75. The number of hydrogen-bond acceptors (Lipinski definition) is 7. The van der Waals surface area contributed by atoms with Crippen molar-refractivity contribution in [2.45, 2.75) is 6.42 Å². The van der Waals surface area contributed by atoms with Crippen molar-refractivity contribution in [3.63, 3.8) is 0 Å². The average Bonchev–Trinajstić information content (AvgIpc) is 3.22. The van der Waals surface area contributed by atoms with E-state index in [1.54, 1.807) is 38.2 Å². The summed E-state index contributed by atoms with van der Waals surface area (Å²) < 4.78 is 18.0. The quantitative estimate of drug-likeness (QED) is 0.481. The molecule has 8 nitrogen and oxygen atoms in total. The van der Waals surface area contributed by atoms with E-state index in [0.29, 0.717) is 17.2 Å². The molecule has 0 aliphatic heterocycles. The topological polar surface area (TPSA) is 82.8 Å². The molecule has 3 aromatic heterocycles. The molecule has 0 saturated carbocycles. The predicted octanol–water partition coefficient (Wildman–Crippen LogP) is 3.47. The summed E-state index contributed by atoms with van der Waals surface area (Å²) in [6.45, 7) is 0.779. The van der Waals surface area contributed by atoms with Gasteiger partial charge >= 0.3 is 0 Å². The third-order valence-corrected chi connectivity index (χ3v) is 4.75. The van der Waals surface area contributed by atoms with Crippen LogP contribution in [-0.2, 0) is 6.42 Å². The lowest BCUT2D eigenvalue weighted by Gasteiger charge is -2.13. The van der Waals surface area contributed by atoms with Crippen LogP contribution in [0, 0.1) is 0 Å². The van der Waals surface area contributed by atoms with Gasteiger partial charge < -0.3 is 19.5 Å². The fraction of sp³-hybridized carbons (Fsp3) is 0.227. The van der Waals surface area contributed by atoms with Crippen LogP contribution in [0.4, 0.5) is 5.82 Å². The Labute approximate surface area is 174 Å². The van der Waals surface area contributed by atoms with Crippen molar-refractivity contribution in [2.75, 3.05) is 33.2 Å². The van der Waals surface area contributed by atoms with Crippen LogP contribution in [0.1, 0.15) is 5.56 Å². The van der Waals surface area contributed by atoms with Gasteiger partial charge in [-0.2, -0.15) is 5.10 Å². The zero-order valence-electron chi connectivity index (χ0n) is 17.1. The Morgan fingerprint density at radius 2 is 1.67 bits per heavy atom. The fourth-order valence-electron chi connectivity index (χ4n) is 3.23. The highest BCUT2D eigenvalue weighted by Crippen LogP contribution is 2.41. The third kappa shape index (κ3) is 3.98. The maximum Gasteiger partial charge on any atom is 0.203 e. The molecule has 0 spiro atoms. The van der Waals surface area contributed by atoms with E-state index in [1.165, 1.54) is 5.56 Å². The smallest absolute Gasteiger partial charge is 0.203 e. The SMILES string of the molecule is COc1cc(-c2cc3nc(NCCc4ccncc4)ccn3n2)cc(OC)c1OC. The van der Waals surface area contributed by atoms with Crippen molar-refractivity contribution in [3.8, 4) is 28.5 Å². The Morgan fingerprint density at radius 3 is 2.33 bits per heavy atom. The van der Waals surface area contributed by atoms with Crippen LogP contribution in [-0.4, -0.2) is 47.5 Å². The van der Waals surface area contributed by atoms with E-state index in [-0.39, 0.29) is 0 Å². The molecule has 154 valence electrons. The highest BCUT2D eigenvalue weighted by Gasteiger charge is 2.16. The van der Waals surface area contributed by atoms with E-state index in [2.05, 4.69) is 20.4 Å². The fourth-order valence-corrected chi connectivity index (χ4v) is 3.23. The van der Waals surface area contributed by atoms with Gasteiger partial charge in [0.25, 0.3) is 0 Å². The monoisotopic (exact) mass is 405 g/mol. The average molecular weight is 405 g/mol. The molecule has 1 N–H and O–H groups in total. The molecule has 0 fully saturated rings. The molecule has 0 atom stereocenters. The molecule has 0 bridgehead atoms. The highest BCUT2D eigenvalue weighted by molar-refractivity contribution is 5.71. The lowest BCUT2D eigenvalue weighted by atomic mass is 10.1. The Bertz CT molecular complexity index is 1120. The van der Waals surface area contributed by atoms with Crippen LogP contribution in [0.2, 0.25) is 0 Å². The van der Waals surface area contributed by atoms with E-state index < -0.39 is 0 Å². The van der Waals surface area contributed by atoms with E-state index in [9.17, 15) is 0 Å². The second-order valence-corrected chi connectivity index (χ2v) is 6.59. The molecule has 0 radical (unpaired) electrons. The van der Waals surface area contributed by atoms with Crippen molar-refractivity contribution in [1.82, 2.24) is 19.6 Å². The maximum absolute atomic E-state index is 5.45. The predicted molar refractivity (Wildman–Crippen MR) is 115 cm³/mol. The Hall–Kier alpha value is -3.81. The molecule has 1 aromatic carbocycles. The first kappa shape index (κ1) is 19.5. The standard InChI is InChI=1S/C22H23N5O3/c1-28-18-12-16(13-19(29-2)22(18)30-3)17-14-21-25-20(7-11-27(21)26-17)24-10-6-15-4-8-23-9-5-15/h4-5,7-9,11-14H,6,10H2,1-3H3,(H,24,25). The van der Waals surface area contributed by atoms with Crippen LogP contribution in [0.15, 0.2) is 55.0 Å². The summed E-state index contributed by atoms with van der Waals surface area (Å²) in [4.78, 5) is 8.70. The summed E-state index contributed by atoms with van der Waals surface area (Å²) in [5.41, 5.74) is 3.58. The van der Waals surface area contributed by atoms with Gasteiger partial charge in [0.2, 0.25) is 5.75 Å². The number of benzene rings is 1. The minimum Gasteiger partial charge on any atom is -0.493 e. The molecule has 0 unspecified atom stereocenters. The number of aromatic nitrogens is 4. The van der Waals surface area contributed by atoms with Crippen molar-refractivity contribution in [3.05, 3.63) is 60.6 Å². The molecular formula is C22H23N5O3. The van der Waals surface area contributed by atoms with Crippen molar-refractivity contribution in [2.24, 2.45) is 0 Å². The minimum absolute atomic E-state index is 0.548. The molecule has 4 rings (SSSR count). The molecule has 4 aromatic rings. The van der Waals surface area contributed by atoms with Gasteiger partial charge in [0.15, 0.2) is 17.1 Å². The molecule has 8 heteroatoms. The van der Waals surface area contributed by atoms with Gasteiger partial charge in [0.1, 0.15) is 5.82 Å². The van der Waals surface area contributed by atoms with E-state index >= 15 is 0 Å². The molecule has 0 aliphatic rings. The first-order chi connectivity index (χ1) is 14.7. The number of nitrogens with one attached hydrogen (secondary N) is 1. The Balaban J connectivity index is 1.56. The second-order valence-electron chi connectivity index (χ2n) is 6.59. The van der Waals surface area contributed by atoms with Gasteiger partial charge in [-0.3, -0.25) is 4.98 Å². The lowest BCUT2D eigenvalue weighted by molar-refractivity contribution is 0.324. The van der Waals surface area contributed by atoms with Crippen LogP contribution in [0.25, 0.3) is 16.9 Å². The normalized spacial score (nSPS) is 10.8. The summed E-state index contributed by atoms with van der Waals surface area (Å²) in [6.07, 6.45) is 6.39. The first-order valence-electron chi connectivity index (χ1n) is 9.51. The zero-order chi connectivity index (χ0) is 20.9. The number of ether oxygens (including phenoxy) is 3. The number of rotatable bonds is 8. The maximum atomic E-state index is 5.45. The van der Waals surface area contributed by atoms with Gasteiger partial charge in [0.05, 0.1) is 27.0 Å². The van der Waals surface area contributed by atoms with Gasteiger partial charge in [-0.25, -0.2) is 9.50 Å². The van der Waals surface area contributed by atoms with Crippen molar-refractivity contribution < 1.29 is 14.2 Å². The van der Waals surface area contributed by atoms with Gasteiger partial charge in [0, 0.05) is 36.8 Å². The van der Waals surface area contributed by atoms with Crippen LogP contribution < -0.4 is 19.5 Å². The summed E-state index contributed by atoms with van der Waals surface area (Å²) in [7, 11) is 4.77. The van der Waals surface area contributed by atoms with Crippen LogP contribution in [0.3, 0.4) is 0 Å². The molecular weight excluding hydrogens is 382 g/mol. The number of anilines is 1. The summed E-state index contributed by atoms with van der Waals surface area (Å²) in [5.74, 6) is 2.50. The van der Waals surface area contributed by atoms with Crippen LogP contribution >= 0.6 is 0 Å². The van der Waals surface area contributed by atoms with Crippen molar-refractivity contribution >= 4 is 11.5 Å². The Morgan fingerprint density at radius 1 is 0.933 bits per heavy atom. The number of nitrogens with zero attached hydrogens (tertiary/aromatic N) is 4. The summed E-state index contributed by atoms with van der Waals surface area (Å²) in [5, 5.41) is 7.98. The molecule has 30 heavy (non-hydrogen) atoms. The minimum atomic E-state index is 0.548. The van der Waals surface area contributed by atoms with Gasteiger partial charge in [-0.1, -0.05) is 0 Å². The molecule has 0 aliphatic carbocycles. The number of methoxy groups -OCH3 is 3. The number of pyridine rings is 1. The van der Waals surface area contributed by atoms with E-state index in [1.807, 2.05) is 42.6 Å². The van der Waals surface area contributed by atoms with Crippen molar-refractivity contribution in [1.29, 1.82) is 0 Å². The van der Waals surface area contributed by atoms with E-state index in [4.69, 9.17) is 14.2 Å². The summed E-state index contributed by atoms with van der Waals surface area (Å²) in [6, 6.07) is 11.6. The first-order valence-corrected chi connectivity index (χ1v) is 9.51. The lowest BCUT2D eigenvalue weighted by Crippen LogP contribution is -2.07. The number of fused-ring (bicyclic) bond motifs is 1. The van der Waals surface area contributed by atoms with Crippen LogP contribution in [0.5, 0.6) is 17.2 Å². The molecule has 0 amide bonds. The molecule has 0 saturated heterocycles. The largest absolute Gasteiger partial charge is 0.493 e. The highest BCUT2D eigenvalue weighted by atomic mass is 16.5. The number of hydrogen-bond donors (Lipinski definition) is 1. The molecule has 3 heterocycles.